The summed E-state index contributed by atoms with van der Waals surface area (Å²) in [4.78, 5) is 13.8. The van der Waals surface area contributed by atoms with Gasteiger partial charge in [-0.05, 0) is 55.0 Å². The molecule has 1 amide bonds. The van der Waals surface area contributed by atoms with Crippen LogP contribution >= 0.6 is 15.9 Å². The molecule has 1 spiro atoms. The quantitative estimate of drug-likeness (QED) is 0.265. The molecule has 0 radical (unpaired) electrons. The van der Waals surface area contributed by atoms with Gasteiger partial charge in [0.2, 0.25) is 5.91 Å². The second-order valence-corrected chi connectivity index (χ2v) is 10.6. The van der Waals surface area contributed by atoms with Gasteiger partial charge in [-0.25, -0.2) is 0 Å². The summed E-state index contributed by atoms with van der Waals surface area (Å²) in [7, 11) is 0. The molecule has 1 saturated carbocycles. The van der Waals surface area contributed by atoms with E-state index in [1.807, 2.05) is 30.3 Å². The summed E-state index contributed by atoms with van der Waals surface area (Å²) in [6.07, 6.45) is -7.73. The molecule has 2 aromatic rings. The van der Waals surface area contributed by atoms with E-state index in [9.17, 15) is 31.1 Å². The highest BCUT2D eigenvalue weighted by Gasteiger charge is 2.48. The average Bonchev–Trinajstić information content (AvgIpc) is 3.33. The first-order valence-corrected chi connectivity index (χ1v) is 13.5. The summed E-state index contributed by atoms with van der Waals surface area (Å²) in [6.45, 7) is 0.937. The normalized spacial score (nSPS) is 19.9. The molecule has 2 aromatic carbocycles. The third-order valence-corrected chi connectivity index (χ3v) is 7.88. The molecule has 4 nitrogen and oxygen atoms in total. The van der Waals surface area contributed by atoms with Crippen LogP contribution in [0.3, 0.4) is 0 Å². The van der Waals surface area contributed by atoms with E-state index in [2.05, 4.69) is 21.2 Å². The number of carbonyl (C=O) groups excluding carboxylic acids is 1. The maximum Gasteiger partial charge on any atom is 0.416 e. The summed E-state index contributed by atoms with van der Waals surface area (Å²) < 4.78 is 93.0. The molecule has 208 valence electrons. The van der Waals surface area contributed by atoms with Crippen LogP contribution in [0.1, 0.15) is 66.7 Å². The Morgan fingerprint density at radius 1 is 0.895 bits per heavy atom. The molecule has 4 rings (SSSR count). The minimum atomic E-state index is -5.00. The molecule has 1 unspecified atom stereocenters. The van der Waals surface area contributed by atoms with E-state index in [0.717, 1.165) is 5.56 Å². The third kappa shape index (κ3) is 6.37. The Balaban J connectivity index is 1.70. The lowest BCUT2D eigenvalue weighted by molar-refractivity contribution is -0.187. The number of halogens is 7. The van der Waals surface area contributed by atoms with Crippen LogP contribution in [0.15, 0.2) is 48.5 Å². The van der Waals surface area contributed by atoms with Gasteiger partial charge in [0, 0.05) is 18.2 Å². The van der Waals surface area contributed by atoms with Crippen molar-refractivity contribution >= 4 is 21.8 Å². The fraction of sp³-hybridized carbons (Fsp3) is 0.519. The largest absolute Gasteiger partial charge is 0.416 e. The Labute approximate surface area is 225 Å². The Morgan fingerprint density at radius 3 is 1.95 bits per heavy atom. The first-order valence-electron chi connectivity index (χ1n) is 12.4. The van der Waals surface area contributed by atoms with Gasteiger partial charge in [0.1, 0.15) is 0 Å². The van der Waals surface area contributed by atoms with Crippen molar-refractivity contribution in [2.45, 2.75) is 68.1 Å². The molecule has 1 N–H and O–H groups in total. The van der Waals surface area contributed by atoms with E-state index in [1.54, 1.807) is 0 Å². The van der Waals surface area contributed by atoms with Crippen molar-refractivity contribution in [2.75, 3.05) is 18.5 Å². The van der Waals surface area contributed by atoms with Crippen molar-refractivity contribution in [1.29, 1.82) is 0 Å². The van der Waals surface area contributed by atoms with Crippen molar-refractivity contribution in [2.24, 2.45) is 0 Å². The van der Waals surface area contributed by atoms with Gasteiger partial charge < -0.3 is 14.8 Å². The molecular weight excluding hydrogens is 580 g/mol. The van der Waals surface area contributed by atoms with Gasteiger partial charge in [-0.2, -0.15) is 26.3 Å². The maximum atomic E-state index is 13.8. The van der Waals surface area contributed by atoms with Crippen molar-refractivity contribution < 1.29 is 40.6 Å². The zero-order chi connectivity index (χ0) is 27.6. The summed E-state index contributed by atoms with van der Waals surface area (Å²) in [5.74, 6) is -2.57. The lowest BCUT2D eigenvalue weighted by atomic mass is 9.73. The first-order chi connectivity index (χ1) is 17.9. The molecule has 0 bridgehead atoms. The second-order valence-electron chi connectivity index (χ2n) is 9.77. The zero-order valence-corrected chi connectivity index (χ0v) is 22.0. The fourth-order valence-corrected chi connectivity index (χ4v) is 5.64. The van der Waals surface area contributed by atoms with Crippen molar-refractivity contribution in [3.05, 3.63) is 70.8 Å². The number of amides is 1. The van der Waals surface area contributed by atoms with Crippen LogP contribution in [0.5, 0.6) is 0 Å². The van der Waals surface area contributed by atoms with Crippen LogP contribution in [-0.2, 0) is 32.2 Å². The number of benzene rings is 2. The van der Waals surface area contributed by atoms with Gasteiger partial charge in [0.05, 0.1) is 35.8 Å². The van der Waals surface area contributed by atoms with Crippen LogP contribution in [0.2, 0.25) is 0 Å². The van der Waals surface area contributed by atoms with Crippen LogP contribution in [0, 0.1) is 0 Å². The highest BCUT2D eigenvalue weighted by atomic mass is 79.9. The second kappa shape index (κ2) is 11.2. The van der Waals surface area contributed by atoms with Crippen LogP contribution in [0.4, 0.5) is 26.3 Å². The van der Waals surface area contributed by atoms with E-state index in [-0.39, 0.29) is 18.1 Å². The Morgan fingerprint density at radius 2 is 1.45 bits per heavy atom. The molecule has 11 heteroatoms. The Hall–Kier alpha value is -2.11. The van der Waals surface area contributed by atoms with Crippen LogP contribution in [0.25, 0.3) is 0 Å². The van der Waals surface area contributed by atoms with Crippen molar-refractivity contribution in [3.63, 3.8) is 0 Å². The molecule has 1 aliphatic heterocycles. The Bertz CT molecular complexity index is 1070. The number of alkyl halides is 7. The zero-order valence-electron chi connectivity index (χ0n) is 20.4. The molecule has 1 atom stereocenters. The standard InChI is InChI=1S/C27H28BrF6NO3/c28-12-4-7-22(18-15-20(26(29,30)31)17-21(16-18)27(32,33)34)23(36)35-24(19-5-2-1-3-6-19)8-10-25(11-9-24)37-13-14-38-25/h1-3,5-6,15-17,22H,4,7-14H2,(H,35,36). The Kier molecular flexibility index (Phi) is 8.49. The minimum Gasteiger partial charge on any atom is -0.348 e. The van der Waals surface area contributed by atoms with Gasteiger partial charge in [0.15, 0.2) is 5.79 Å². The summed E-state index contributed by atoms with van der Waals surface area (Å²) in [6, 6.07) is 10.6. The van der Waals surface area contributed by atoms with Crippen molar-refractivity contribution in [3.8, 4) is 0 Å². The number of nitrogens with one attached hydrogen (secondary N) is 1. The first kappa shape index (κ1) is 28.9. The molecular formula is C27H28BrF6NO3. The molecule has 1 aliphatic carbocycles. The highest BCUT2D eigenvalue weighted by Crippen LogP contribution is 2.46. The molecule has 0 aromatic heterocycles. The predicted octanol–water partition coefficient (Wildman–Crippen LogP) is 7.31. The number of rotatable bonds is 7. The average molecular weight is 608 g/mol. The fourth-order valence-electron chi connectivity index (χ4n) is 5.32. The van der Waals surface area contributed by atoms with Crippen LogP contribution < -0.4 is 5.32 Å². The third-order valence-electron chi connectivity index (χ3n) is 7.32. The lowest BCUT2D eigenvalue weighted by Crippen LogP contribution is -2.53. The van der Waals surface area contributed by atoms with E-state index in [0.29, 0.717) is 62.8 Å². The molecule has 1 saturated heterocycles. The lowest BCUT2D eigenvalue weighted by Gasteiger charge is -2.45. The monoisotopic (exact) mass is 607 g/mol. The van der Waals surface area contributed by atoms with E-state index >= 15 is 0 Å². The van der Waals surface area contributed by atoms with E-state index < -0.39 is 46.6 Å². The van der Waals surface area contributed by atoms with E-state index in [1.165, 1.54) is 0 Å². The molecule has 2 aliphatic rings. The molecule has 38 heavy (non-hydrogen) atoms. The maximum absolute atomic E-state index is 13.8. The SMILES string of the molecule is O=C(NC1(c2ccccc2)CCC2(CC1)OCCO2)C(CCCBr)c1cc(C(F)(F)F)cc(C(F)(F)F)c1. The van der Waals surface area contributed by atoms with Crippen molar-refractivity contribution in [1.82, 2.24) is 5.32 Å². The summed E-state index contributed by atoms with van der Waals surface area (Å²) >= 11 is 3.25. The van der Waals surface area contributed by atoms with Gasteiger partial charge >= 0.3 is 12.4 Å². The smallest absolute Gasteiger partial charge is 0.348 e. The van der Waals surface area contributed by atoms with E-state index in [4.69, 9.17) is 9.47 Å². The number of ether oxygens (including phenoxy) is 2. The number of hydrogen-bond donors (Lipinski definition) is 1. The minimum absolute atomic E-state index is 0.0662. The highest BCUT2D eigenvalue weighted by molar-refractivity contribution is 9.09. The summed E-state index contributed by atoms with van der Waals surface area (Å²) in [5, 5.41) is 3.48. The van der Waals surface area contributed by atoms with Gasteiger partial charge in [-0.3, -0.25) is 4.79 Å². The van der Waals surface area contributed by atoms with Gasteiger partial charge in [-0.15, -0.1) is 0 Å². The predicted molar refractivity (Wildman–Crippen MR) is 132 cm³/mol. The molecule has 2 fully saturated rings. The number of carbonyl (C=O) groups is 1. The van der Waals surface area contributed by atoms with Crippen LogP contribution in [-0.4, -0.2) is 30.2 Å². The summed E-state index contributed by atoms with van der Waals surface area (Å²) in [5.41, 5.74) is -3.26. The topological polar surface area (TPSA) is 47.6 Å². The number of hydrogen-bond acceptors (Lipinski definition) is 3. The molecule has 1 heterocycles. The van der Waals surface area contributed by atoms with Gasteiger partial charge in [0.25, 0.3) is 0 Å². The van der Waals surface area contributed by atoms with Gasteiger partial charge in [-0.1, -0.05) is 46.3 Å².